The summed E-state index contributed by atoms with van der Waals surface area (Å²) in [7, 11) is 1.60. The van der Waals surface area contributed by atoms with Crippen LogP contribution >= 0.6 is 0 Å². The van der Waals surface area contributed by atoms with E-state index in [0.717, 1.165) is 16.8 Å². The van der Waals surface area contributed by atoms with Crippen LogP contribution in [0.5, 0.6) is 5.75 Å². The van der Waals surface area contributed by atoms with E-state index >= 15 is 0 Å². The normalized spacial score (nSPS) is 11.2. The Hall–Kier alpha value is -3.41. The standard InChI is InChI=1S/C19H18N4O2/c1-13(14-8-4-3-5-9-14)20-23-19(24)17-12-16(21-22-17)15-10-6-7-11-18(15)25-2/h3-12H,1-2H3,(H,21,22)(H,23,24)/b20-13+. The van der Waals surface area contributed by atoms with Gasteiger partial charge >= 0.3 is 0 Å². The number of carbonyl (C=O) groups is 1. The lowest BCUT2D eigenvalue weighted by atomic mass is 10.1. The van der Waals surface area contributed by atoms with Crippen molar-refractivity contribution in [1.82, 2.24) is 15.6 Å². The van der Waals surface area contributed by atoms with E-state index in [1.807, 2.05) is 61.5 Å². The molecule has 3 rings (SSSR count). The first-order valence-electron chi connectivity index (χ1n) is 7.78. The van der Waals surface area contributed by atoms with Gasteiger partial charge in [-0.3, -0.25) is 9.89 Å². The maximum atomic E-state index is 12.3. The number of nitrogens with one attached hydrogen (secondary N) is 2. The zero-order chi connectivity index (χ0) is 17.6. The quantitative estimate of drug-likeness (QED) is 0.555. The van der Waals surface area contributed by atoms with Crippen molar-refractivity contribution in [3.05, 3.63) is 71.9 Å². The third-order valence-electron chi connectivity index (χ3n) is 3.72. The summed E-state index contributed by atoms with van der Waals surface area (Å²) in [5.41, 5.74) is 5.97. The maximum Gasteiger partial charge on any atom is 0.289 e. The van der Waals surface area contributed by atoms with Crippen LogP contribution in [-0.2, 0) is 0 Å². The van der Waals surface area contributed by atoms with Gasteiger partial charge in [-0.05, 0) is 30.7 Å². The van der Waals surface area contributed by atoms with Gasteiger partial charge in [0.1, 0.15) is 11.4 Å². The molecule has 1 heterocycles. The molecule has 0 bridgehead atoms. The summed E-state index contributed by atoms with van der Waals surface area (Å²) in [5, 5.41) is 11.1. The molecular weight excluding hydrogens is 316 g/mol. The predicted octanol–water partition coefficient (Wildman–Crippen LogP) is 3.24. The summed E-state index contributed by atoms with van der Waals surface area (Å²) in [5.74, 6) is 0.336. The zero-order valence-corrected chi connectivity index (χ0v) is 14.0. The molecule has 0 saturated heterocycles. The summed E-state index contributed by atoms with van der Waals surface area (Å²) in [6.45, 7) is 1.84. The highest BCUT2D eigenvalue weighted by Crippen LogP contribution is 2.28. The van der Waals surface area contributed by atoms with E-state index < -0.39 is 0 Å². The summed E-state index contributed by atoms with van der Waals surface area (Å²) in [6, 6.07) is 18.8. The number of methoxy groups -OCH3 is 1. The van der Waals surface area contributed by atoms with Crippen molar-refractivity contribution in [2.24, 2.45) is 5.10 Å². The number of benzene rings is 2. The van der Waals surface area contributed by atoms with Crippen LogP contribution < -0.4 is 10.2 Å². The number of aromatic amines is 1. The lowest BCUT2D eigenvalue weighted by Gasteiger charge is -2.04. The minimum atomic E-state index is -0.357. The van der Waals surface area contributed by atoms with Crippen LogP contribution in [0.2, 0.25) is 0 Å². The zero-order valence-electron chi connectivity index (χ0n) is 14.0. The predicted molar refractivity (Wildman–Crippen MR) is 96.7 cm³/mol. The third kappa shape index (κ3) is 3.74. The summed E-state index contributed by atoms with van der Waals surface area (Å²) in [4.78, 5) is 12.3. The molecule has 1 amide bonds. The molecule has 0 radical (unpaired) electrons. The van der Waals surface area contributed by atoms with Gasteiger partial charge in [-0.1, -0.05) is 42.5 Å². The fraction of sp³-hybridized carbons (Fsp3) is 0.105. The number of aromatic nitrogens is 2. The van der Waals surface area contributed by atoms with Crippen LogP contribution in [0.15, 0.2) is 65.8 Å². The van der Waals surface area contributed by atoms with Crippen LogP contribution in [0.4, 0.5) is 0 Å². The monoisotopic (exact) mass is 334 g/mol. The van der Waals surface area contributed by atoms with Crippen LogP contribution in [0, 0.1) is 0 Å². The SMILES string of the molecule is COc1ccccc1-c1cc(C(=O)N/N=C(\C)c2ccccc2)[nH]n1. The Morgan fingerprint density at radius 3 is 2.60 bits per heavy atom. The molecule has 0 atom stereocenters. The fourth-order valence-corrected chi connectivity index (χ4v) is 2.37. The van der Waals surface area contributed by atoms with E-state index in [-0.39, 0.29) is 5.91 Å². The first kappa shape index (κ1) is 16.4. The number of amides is 1. The molecule has 6 nitrogen and oxygen atoms in total. The van der Waals surface area contributed by atoms with Crippen LogP contribution in [0.3, 0.4) is 0 Å². The van der Waals surface area contributed by atoms with Crippen molar-refractivity contribution < 1.29 is 9.53 Å². The van der Waals surface area contributed by atoms with Crippen LogP contribution in [0.1, 0.15) is 23.0 Å². The second kappa shape index (κ2) is 7.44. The minimum absolute atomic E-state index is 0.325. The number of rotatable bonds is 5. The number of nitrogens with zero attached hydrogens (tertiary/aromatic N) is 2. The highest BCUT2D eigenvalue weighted by atomic mass is 16.5. The van der Waals surface area contributed by atoms with Gasteiger partial charge in [0.15, 0.2) is 0 Å². The van der Waals surface area contributed by atoms with E-state index in [4.69, 9.17) is 4.74 Å². The largest absolute Gasteiger partial charge is 0.496 e. The lowest BCUT2D eigenvalue weighted by Crippen LogP contribution is -2.19. The molecule has 2 N–H and O–H groups in total. The van der Waals surface area contributed by atoms with E-state index in [9.17, 15) is 4.79 Å². The number of para-hydroxylation sites is 1. The molecule has 0 spiro atoms. The number of ether oxygens (including phenoxy) is 1. The molecule has 0 saturated carbocycles. The Bertz CT molecular complexity index is 901. The molecule has 0 aliphatic rings. The van der Waals surface area contributed by atoms with E-state index in [1.54, 1.807) is 13.2 Å². The second-order valence-corrected chi connectivity index (χ2v) is 5.37. The minimum Gasteiger partial charge on any atom is -0.496 e. The Morgan fingerprint density at radius 1 is 1.12 bits per heavy atom. The van der Waals surface area contributed by atoms with Crippen molar-refractivity contribution >= 4 is 11.6 Å². The van der Waals surface area contributed by atoms with Crippen molar-refractivity contribution in [1.29, 1.82) is 0 Å². The first-order chi connectivity index (χ1) is 12.2. The van der Waals surface area contributed by atoms with Crippen LogP contribution in [-0.4, -0.2) is 28.9 Å². The molecule has 25 heavy (non-hydrogen) atoms. The molecule has 3 aromatic rings. The van der Waals surface area contributed by atoms with Gasteiger partial charge in [-0.2, -0.15) is 10.2 Å². The lowest BCUT2D eigenvalue weighted by molar-refractivity contribution is 0.0950. The van der Waals surface area contributed by atoms with Crippen LogP contribution in [0.25, 0.3) is 11.3 Å². The van der Waals surface area contributed by atoms with Gasteiger partial charge in [-0.15, -0.1) is 0 Å². The highest BCUT2D eigenvalue weighted by Gasteiger charge is 2.13. The van der Waals surface area contributed by atoms with Gasteiger partial charge in [-0.25, -0.2) is 5.43 Å². The summed E-state index contributed by atoms with van der Waals surface area (Å²) >= 11 is 0. The molecule has 0 fully saturated rings. The Labute approximate surface area is 145 Å². The molecule has 0 unspecified atom stereocenters. The van der Waals surface area contributed by atoms with E-state index in [0.29, 0.717) is 17.1 Å². The van der Waals surface area contributed by atoms with Crippen molar-refractivity contribution in [3.63, 3.8) is 0 Å². The molecule has 126 valence electrons. The smallest absolute Gasteiger partial charge is 0.289 e. The summed E-state index contributed by atoms with van der Waals surface area (Å²) < 4.78 is 5.32. The topological polar surface area (TPSA) is 79.4 Å². The van der Waals surface area contributed by atoms with Crippen molar-refractivity contribution in [2.75, 3.05) is 7.11 Å². The average Bonchev–Trinajstić information content (AvgIpc) is 3.16. The maximum absolute atomic E-state index is 12.3. The molecule has 2 aromatic carbocycles. The molecule has 0 aliphatic carbocycles. The van der Waals surface area contributed by atoms with Gasteiger partial charge in [0.25, 0.3) is 5.91 Å². The first-order valence-corrected chi connectivity index (χ1v) is 7.78. The van der Waals surface area contributed by atoms with E-state index in [2.05, 4.69) is 20.7 Å². The molecule has 6 heteroatoms. The molecule has 0 aliphatic heterocycles. The average molecular weight is 334 g/mol. The van der Waals surface area contributed by atoms with Gasteiger partial charge in [0.2, 0.25) is 0 Å². The van der Waals surface area contributed by atoms with Crippen molar-refractivity contribution in [2.45, 2.75) is 6.92 Å². The third-order valence-corrected chi connectivity index (χ3v) is 3.72. The van der Waals surface area contributed by atoms with Crippen molar-refractivity contribution in [3.8, 4) is 17.0 Å². The number of hydrazone groups is 1. The number of hydrogen-bond acceptors (Lipinski definition) is 4. The Morgan fingerprint density at radius 2 is 1.84 bits per heavy atom. The molecular formula is C19H18N4O2. The van der Waals surface area contributed by atoms with Gasteiger partial charge in [0, 0.05) is 5.56 Å². The fourth-order valence-electron chi connectivity index (χ4n) is 2.37. The number of H-pyrrole nitrogens is 1. The van der Waals surface area contributed by atoms with E-state index in [1.165, 1.54) is 0 Å². The molecule has 1 aromatic heterocycles. The second-order valence-electron chi connectivity index (χ2n) is 5.37. The highest BCUT2D eigenvalue weighted by molar-refractivity contribution is 6.00. The summed E-state index contributed by atoms with van der Waals surface area (Å²) in [6.07, 6.45) is 0. The van der Waals surface area contributed by atoms with Gasteiger partial charge in [0.05, 0.1) is 18.5 Å². The number of hydrogen-bond donors (Lipinski definition) is 2. The Kier molecular flexibility index (Phi) is 4.89. The number of carbonyl (C=O) groups excluding carboxylic acids is 1. The Balaban J connectivity index is 1.75. The van der Waals surface area contributed by atoms with Gasteiger partial charge < -0.3 is 4.74 Å².